The molecule has 2 rings (SSSR count). The van der Waals surface area contributed by atoms with Crippen LogP contribution in [0.3, 0.4) is 0 Å². The molecule has 0 fully saturated rings. The molecule has 2 aromatic heterocycles. The van der Waals surface area contributed by atoms with Crippen LogP contribution >= 0.6 is 11.3 Å². The van der Waals surface area contributed by atoms with Gasteiger partial charge in [0, 0.05) is 11.9 Å². The summed E-state index contributed by atoms with van der Waals surface area (Å²) in [6.07, 6.45) is 0. The normalized spacial score (nSPS) is 12.0. The summed E-state index contributed by atoms with van der Waals surface area (Å²) in [6.45, 7) is 4.44. The summed E-state index contributed by atoms with van der Waals surface area (Å²) in [5.74, 6) is 6.17. The van der Waals surface area contributed by atoms with Crippen molar-refractivity contribution in [2.24, 2.45) is 5.84 Å². The number of hydrogen-bond acceptors (Lipinski definition) is 8. The molecule has 7 nitrogen and oxygen atoms in total. The van der Waals surface area contributed by atoms with Crippen LogP contribution in [0.25, 0.3) is 0 Å². The van der Waals surface area contributed by atoms with Gasteiger partial charge in [-0.2, -0.15) is 15.0 Å². The van der Waals surface area contributed by atoms with Crippen LogP contribution < -0.4 is 20.9 Å². The summed E-state index contributed by atoms with van der Waals surface area (Å²) in [6, 6.07) is 4.52. The molecule has 0 amide bonds. The summed E-state index contributed by atoms with van der Waals surface area (Å²) in [5.41, 5.74) is 2.43. The van der Waals surface area contributed by atoms with Gasteiger partial charge in [-0.25, -0.2) is 5.84 Å². The van der Waals surface area contributed by atoms with E-state index in [1.807, 2.05) is 30.3 Å². The van der Waals surface area contributed by atoms with Crippen molar-refractivity contribution in [3.63, 3.8) is 0 Å². The minimum absolute atomic E-state index is 0.150. The third-order valence-corrected chi connectivity index (χ3v) is 3.90. The van der Waals surface area contributed by atoms with Crippen LogP contribution in [0.2, 0.25) is 0 Å². The highest BCUT2D eigenvalue weighted by Gasteiger charge is 2.18. The predicted octanol–water partition coefficient (Wildman–Crippen LogP) is 1.81. The summed E-state index contributed by atoms with van der Waals surface area (Å²) in [7, 11) is 1.93. The van der Waals surface area contributed by atoms with Crippen molar-refractivity contribution in [1.82, 2.24) is 15.0 Å². The molecule has 0 aliphatic rings. The summed E-state index contributed by atoms with van der Waals surface area (Å²) in [4.78, 5) is 15.8. The summed E-state index contributed by atoms with van der Waals surface area (Å²) >= 11 is 1.69. The number of ether oxygens (including phenoxy) is 1. The minimum atomic E-state index is 0.150. The number of nitrogen functional groups attached to an aromatic ring is 1. The molecule has 0 spiro atoms. The van der Waals surface area contributed by atoms with E-state index in [0.29, 0.717) is 12.6 Å². The van der Waals surface area contributed by atoms with Crippen molar-refractivity contribution in [3.05, 3.63) is 22.4 Å². The van der Waals surface area contributed by atoms with Crippen molar-refractivity contribution in [1.29, 1.82) is 0 Å². The third-order valence-electron chi connectivity index (χ3n) is 2.86. The minimum Gasteiger partial charge on any atom is -0.464 e. The van der Waals surface area contributed by atoms with E-state index in [4.69, 9.17) is 10.6 Å². The maximum Gasteiger partial charge on any atom is 0.323 e. The topological polar surface area (TPSA) is 89.2 Å². The molecule has 0 aliphatic carbocycles. The van der Waals surface area contributed by atoms with Gasteiger partial charge in [0.15, 0.2) is 0 Å². The molecular weight excluding hydrogens is 276 g/mol. The molecule has 0 saturated carbocycles. The average Bonchev–Trinajstić information content (AvgIpc) is 2.99. The van der Waals surface area contributed by atoms with Gasteiger partial charge >= 0.3 is 6.01 Å². The number of hydrogen-bond donors (Lipinski definition) is 2. The molecule has 0 bridgehead atoms. The van der Waals surface area contributed by atoms with E-state index in [2.05, 4.69) is 33.4 Å². The molecule has 20 heavy (non-hydrogen) atoms. The average molecular weight is 294 g/mol. The van der Waals surface area contributed by atoms with Gasteiger partial charge in [-0.15, -0.1) is 11.3 Å². The Morgan fingerprint density at radius 3 is 2.85 bits per heavy atom. The Labute approximate surface area is 121 Å². The molecule has 3 N–H and O–H groups in total. The van der Waals surface area contributed by atoms with Crippen LogP contribution in [0.15, 0.2) is 17.5 Å². The first-order chi connectivity index (χ1) is 9.65. The molecule has 0 aromatic carbocycles. The molecule has 1 unspecified atom stereocenters. The van der Waals surface area contributed by atoms with E-state index in [1.54, 1.807) is 11.3 Å². The van der Waals surface area contributed by atoms with E-state index in [0.717, 1.165) is 0 Å². The van der Waals surface area contributed by atoms with Gasteiger partial charge in [0.1, 0.15) is 0 Å². The zero-order chi connectivity index (χ0) is 14.5. The first-order valence-electron chi connectivity index (χ1n) is 6.27. The molecule has 8 heteroatoms. The molecule has 2 aromatic rings. The smallest absolute Gasteiger partial charge is 0.323 e. The quantitative estimate of drug-likeness (QED) is 0.620. The number of rotatable bonds is 6. The fraction of sp³-hybridized carbons (Fsp3) is 0.417. The maximum absolute atomic E-state index is 5.38. The third kappa shape index (κ3) is 3.14. The van der Waals surface area contributed by atoms with Crippen LogP contribution in [-0.2, 0) is 0 Å². The van der Waals surface area contributed by atoms with Gasteiger partial charge in [-0.3, -0.25) is 5.43 Å². The standard InChI is InChI=1S/C12H18N6OS/c1-4-19-12-15-10(17-13)14-11(16-12)18(3)8(2)9-6-5-7-20-9/h5-8H,4,13H2,1-3H3,(H,14,15,16,17). The van der Waals surface area contributed by atoms with Gasteiger partial charge in [-0.05, 0) is 25.3 Å². The summed E-state index contributed by atoms with van der Waals surface area (Å²) in [5, 5.41) is 2.05. The van der Waals surface area contributed by atoms with E-state index < -0.39 is 0 Å². The van der Waals surface area contributed by atoms with Crippen molar-refractivity contribution < 1.29 is 4.74 Å². The summed E-state index contributed by atoms with van der Waals surface area (Å²) < 4.78 is 5.33. The number of hydrazine groups is 1. The van der Waals surface area contributed by atoms with E-state index in [-0.39, 0.29) is 18.0 Å². The first kappa shape index (κ1) is 14.5. The Kier molecular flexibility index (Phi) is 4.70. The Balaban J connectivity index is 2.28. The van der Waals surface area contributed by atoms with Crippen LogP contribution in [0.4, 0.5) is 11.9 Å². The first-order valence-corrected chi connectivity index (χ1v) is 7.15. The van der Waals surface area contributed by atoms with Crippen LogP contribution in [0, 0.1) is 0 Å². The van der Waals surface area contributed by atoms with Crippen molar-refractivity contribution in [3.8, 4) is 6.01 Å². The lowest BCUT2D eigenvalue weighted by molar-refractivity contribution is 0.312. The number of nitrogens with zero attached hydrogens (tertiary/aromatic N) is 4. The molecule has 2 heterocycles. The fourth-order valence-electron chi connectivity index (χ4n) is 1.65. The predicted molar refractivity (Wildman–Crippen MR) is 79.9 cm³/mol. The number of anilines is 2. The molecule has 0 radical (unpaired) electrons. The number of thiophene rings is 1. The van der Waals surface area contributed by atoms with Gasteiger partial charge < -0.3 is 9.64 Å². The number of nitrogens with one attached hydrogen (secondary N) is 1. The van der Waals surface area contributed by atoms with E-state index >= 15 is 0 Å². The Morgan fingerprint density at radius 1 is 1.45 bits per heavy atom. The van der Waals surface area contributed by atoms with E-state index in [1.165, 1.54) is 4.88 Å². The van der Waals surface area contributed by atoms with E-state index in [9.17, 15) is 0 Å². The van der Waals surface area contributed by atoms with Crippen LogP contribution in [-0.4, -0.2) is 28.6 Å². The fourth-order valence-corrected chi connectivity index (χ4v) is 2.48. The van der Waals surface area contributed by atoms with Crippen molar-refractivity contribution in [2.75, 3.05) is 24.0 Å². The Hall–Kier alpha value is -1.93. The van der Waals surface area contributed by atoms with Crippen molar-refractivity contribution >= 4 is 23.2 Å². The number of nitrogens with two attached hydrogens (primary N) is 1. The molecule has 0 aliphatic heterocycles. The van der Waals surface area contributed by atoms with Gasteiger partial charge in [0.2, 0.25) is 11.9 Å². The molecule has 0 saturated heterocycles. The Bertz CT molecular complexity index is 547. The largest absolute Gasteiger partial charge is 0.464 e. The Morgan fingerprint density at radius 2 is 2.25 bits per heavy atom. The second-order valence-corrected chi connectivity index (χ2v) is 5.10. The van der Waals surface area contributed by atoms with Gasteiger partial charge in [0.05, 0.1) is 12.6 Å². The second kappa shape index (κ2) is 6.49. The lowest BCUT2D eigenvalue weighted by Gasteiger charge is -2.24. The molecule has 108 valence electrons. The highest BCUT2D eigenvalue weighted by Crippen LogP contribution is 2.27. The van der Waals surface area contributed by atoms with Crippen LogP contribution in [0.5, 0.6) is 6.01 Å². The van der Waals surface area contributed by atoms with Crippen LogP contribution in [0.1, 0.15) is 24.8 Å². The highest BCUT2D eigenvalue weighted by atomic mass is 32.1. The second-order valence-electron chi connectivity index (χ2n) is 4.12. The van der Waals surface area contributed by atoms with Crippen molar-refractivity contribution in [2.45, 2.75) is 19.9 Å². The lowest BCUT2D eigenvalue weighted by Crippen LogP contribution is -2.24. The monoisotopic (exact) mass is 294 g/mol. The molecular formula is C12H18N6OS. The molecule has 1 atom stereocenters. The zero-order valence-electron chi connectivity index (χ0n) is 11.7. The SMILES string of the molecule is CCOc1nc(NN)nc(N(C)C(C)c2cccs2)n1. The van der Waals surface area contributed by atoms with Gasteiger partial charge in [-0.1, -0.05) is 6.07 Å². The zero-order valence-corrected chi connectivity index (χ0v) is 12.5. The lowest BCUT2D eigenvalue weighted by atomic mass is 10.2. The number of aromatic nitrogens is 3. The van der Waals surface area contributed by atoms with Gasteiger partial charge in [0.25, 0.3) is 0 Å². The highest BCUT2D eigenvalue weighted by molar-refractivity contribution is 7.10. The maximum atomic E-state index is 5.38.